The zero-order valence-corrected chi connectivity index (χ0v) is 16.7. The molecular weight excluding hydrogens is 388 g/mol. The normalized spacial score (nSPS) is 12.2. The van der Waals surface area contributed by atoms with Gasteiger partial charge in [-0.2, -0.15) is 0 Å². The van der Waals surface area contributed by atoms with Gasteiger partial charge in [-0.3, -0.25) is 4.79 Å². The lowest BCUT2D eigenvalue weighted by molar-refractivity contribution is -0.122. The van der Waals surface area contributed by atoms with Crippen LogP contribution in [0.1, 0.15) is 13.3 Å². The van der Waals surface area contributed by atoms with E-state index in [1.807, 2.05) is 61.5 Å². The number of hydrogen-bond donors (Lipinski definition) is 2. The van der Waals surface area contributed by atoms with Gasteiger partial charge in [0.15, 0.2) is 6.10 Å². The zero-order valence-electron chi connectivity index (χ0n) is 15.9. The van der Waals surface area contributed by atoms with E-state index in [9.17, 15) is 13.2 Å². The van der Waals surface area contributed by atoms with E-state index in [1.54, 1.807) is 0 Å². The minimum Gasteiger partial charge on any atom is -0.481 e. The van der Waals surface area contributed by atoms with Crippen LogP contribution in [-0.4, -0.2) is 20.4 Å². The highest BCUT2D eigenvalue weighted by Gasteiger charge is 2.19. The van der Waals surface area contributed by atoms with Crippen molar-refractivity contribution >= 4 is 21.6 Å². The summed E-state index contributed by atoms with van der Waals surface area (Å²) in [4.78, 5) is 12.5. The number of anilines is 1. The molecule has 0 heterocycles. The largest absolute Gasteiger partial charge is 0.481 e. The Morgan fingerprint density at radius 3 is 2.07 bits per heavy atom. The van der Waals surface area contributed by atoms with E-state index < -0.39 is 16.1 Å². The molecule has 0 aliphatic heterocycles. The SMILES string of the molecule is CCC(Oc1ccc(-c2ccccc2)cc1)C(=O)Nc1ccc(S(N)(=O)=O)cc1. The van der Waals surface area contributed by atoms with Gasteiger partial charge in [-0.25, -0.2) is 13.6 Å². The van der Waals surface area contributed by atoms with Crippen molar-refractivity contribution in [3.63, 3.8) is 0 Å². The van der Waals surface area contributed by atoms with Crippen LogP contribution < -0.4 is 15.2 Å². The molecule has 0 aliphatic rings. The minimum atomic E-state index is -3.77. The highest BCUT2D eigenvalue weighted by molar-refractivity contribution is 7.89. The number of benzene rings is 3. The van der Waals surface area contributed by atoms with E-state index in [2.05, 4.69) is 5.32 Å². The predicted molar refractivity (Wildman–Crippen MR) is 113 cm³/mol. The second kappa shape index (κ2) is 8.89. The molecule has 0 aliphatic carbocycles. The molecule has 29 heavy (non-hydrogen) atoms. The molecule has 0 spiro atoms. The molecule has 1 amide bonds. The Morgan fingerprint density at radius 1 is 0.931 bits per heavy atom. The summed E-state index contributed by atoms with van der Waals surface area (Å²) in [6, 6.07) is 23.2. The molecule has 7 heteroatoms. The Morgan fingerprint density at radius 2 is 1.52 bits per heavy atom. The number of amides is 1. The van der Waals surface area contributed by atoms with Gasteiger partial charge >= 0.3 is 0 Å². The number of nitrogens with two attached hydrogens (primary N) is 1. The Kier molecular flexibility index (Phi) is 6.31. The number of primary sulfonamides is 1. The Labute approximate surface area is 170 Å². The summed E-state index contributed by atoms with van der Waals surface area (Å²) < 4.78 is 28.5. The molecule has 3 rings (SSSR count). The Hall–Kier alpha value is -3.16. The molecule has 0 saturated carbocycles. The van der Waals surface area contributed by atoms with Crippen LogP contribution in [0.2, 0.25) is 0 Å². The second-order valence-electron chi connectivity index (χ2n) is 6.46. The number of hydrogen-bond acceptors (Lipinski definition) is 4. The van der Waals surface area contributed by atoms with Crippen LogP contribution in [0.5, 0.6) is 5.75 Å². The standard InChI is InChI=1S/C22H22N2O4S/c1-2-21(22(25)24-18-10-14-20(15-11-18)29(23,26)27)28-19-12-8-17(9-13-19)16-6-4-3-5-7-16/h3-15,21H,2H2,1H3,(H,24,25)(H2,23,26,27). The quantitative estimate of drug-likeness (QED) is 0.619. The average Bonchev–Trinajstić information content (AvgIpc) is 2.73. The van der Waals surface area contributed by atoms with Crippen molar-refractivity contribution in [1.29, 1.82) is 0 Å². The molecule has 1 unspecified atom stereocenters. The lowest BCUT2D eigenvalue weighted by Crippen LogP contribution is -2.32. The number of ether oxygens (including phenoxy) is 1. The third-order valence-corrected chi connectivity index (χ3v) is 5.28. The smallest absolute Gasteiger partial charge is 0.265 e. The number of nitrogens with one attached hydrogen (secondary N) is 1. The van der Waals surface area contributed by atoms with E-state index in [-0.39, 0.29) is 10.8 Å². The molecule has 0 aromatic heterocycles. The van der Waals surface area contributed by atoms with Crippen LogP contribution in [0.15, 0.2) is 83.8 Å². The summed E-state index contributed by atoms with van der Waals surface area (Å²) in [5.41, 5.74) is 2.63. The van der Waals surface area contributed by atoms with Crippen LogP contribution in [0.25, 0.3) is 11.1 Å². The summed E-state index contributed by atoms with van der Waals surface area (Å²) >= 11 is 0. The Bertz CT molecular complexity index is 1060. The van der Waals surface area contributed by atoms with Crippen LogP contribution in [0.4, 0.5) is 5.69 Å². The molecule has 0 fully saturated rings. The van der Waals surface area contributed by atoms with Crippen molar-refractivity contribution in [2.24, 2.45) is 5.14 Å². The first-order chi connectivity index (χ1) is 13.9. The van der Waals surface area contributed by atoms with Gasteiger partial charge in [0.1, 0.15) is 5.75 Å². The van der Waals surface area contributed by atoms with Gasteiger partial charge in [0, 0.05) is 5.69 Å². The van der Waals surface area contributed by atoms with Crippen molar-refractivity contribution in [2.75, 3.05) is 5.32 Å². The predicted octanol–water partition coefficient (Wildman–Crippen LogP) is 3.80. The molecular formula is C22H22N2O4S. The monoisotopic (exact) mass is 410 g/mol. The number of carbonyl (C=O) groups excluding carboxylic acids is 1. The zero-order chi connectivity index (χ0) is 20.9. The maximum Gasteiger partial charge on any atom is 0.265 e. The highest BCUT2D eigenvalue weighted by Crippen LogP contribution is 2.23. The van der Waals surface area contributed by atoms with Gasteiger partial charge in [0.25, 0.3) is 5.91 Å². The van der Waals surface area contributed by atoms with Crippen LogP contribution in [-0.2, 0) is 14.8 Å². The maximum atomic E-state index is 12.5. The molecule has 3 aromatic carbocycles. The summed E-state index contributed by atoms with van der Waals surface area (Å²) in [5.74, 6) is 0.277. The van der Waals surface area contributed by atoms with E-state index in [0.29, 0.717) is 17.9 Å². The van der Waals surface area contributed by atoms with Crippen LogP contribution in [0, 0.1) is 0 Å². The van der Waals surface area contributed by atoms with Crippen LogP contribution >= 0.6 is 0 Å². The van der Waals surface area contributed by atoms with Gasteiger partial charge in [-0.15, -0.1) is 0 Å². The third-order valence-electron chi connectivity index (χ3n) is 4.35. The fourth-order valence-electron chi connectivity index (χ4n) is 2.79. The second-order valence-corrected chi connectivity index (χ2v) is 8.03. The minimum absolute atomic E-state index is 0.0164. The number of rotatable bonds is 7. The highest BCUT2D eigenvalue weighted by atomic mass is 32.2. The fourth-order valence-corrected chi connectivity index (χ4v) is 3.31. The van der Waals surface area contributed by atoms with Crippen molar-refractivity contribution in [2.45, 2.75) is 24.3 Å². The molecule has 3 aromatic rings. The molecule has 150 valence electrons. The number of carbonyl (C=O) groups is 1. The molecule has 6 nitrogen and oxygen atoms in total. The fraction of sp³-hybridized carbons (Fsp3) is 0.136. The van der Waals surface area contributed by atoms with Crippen molar-refractivity contribution in [3.8, 4) is 16.9 Å². The first-order valence-corrected chi connectivity index (χ1v) is 10.7. The Balaban J connectivity index is 1.65. The average molecular weight is 410 g/mol. The van der Waals surface area contributed by atoms with Crippen molar-refractivity contribution in [1.82, 2.24) is 0 Å². The van der Waals surface area contributed by atoms with Gasteiger partial charge < -0.3 is 10.1 Å². The van der Waals surface area contributed by atoms with Gasteiger partial charge in [0.2, 0.25) is 10.0 Å². The topological polar surface area (TPSA) is 98.5 Å². The summed E-state index contributed by atoms with van der Waals surface area (Å²) in [6.45, 7) is 1.85. The van der Waals surface area contributed by atoms with E-state index >= 15 is 0 Å². The lowest BCUT2D eigenvalue weighted by atomic mass is 10.1. The maximum absolute atomic E-state index is 12.5. The van der Waals surface area contributed by atoms with E-state index in [0.717, 1.165) is 11.1 Å². The van der Waals surface area contributed by atoms with Crippen molar-refractivity contribution in [3.05, 3.63) is 78.9 Å². The first-order valence-electron chi connectivity index (χ1n) is 9.12. The summed E-state index contributed by atoms with van der Waals surface area (Å²) in [6.07, 6.45) is -0.211. The summed E-state index contributed by atoms with van der Waals surface area (Å²) in [7, 11) is -3.77. The van der Waals surface area contributed by atoms with Crippen molar-refractivity contribution < 1.29 is 17.9 Å². The van der Waals surface area contributed by atoms with E-state index in [4.69, 9.17) is 9.88 Å². The van der Waals surface area contributed by atoms with E-state index in [1.165, 1.54) is 24.3 Å². The first kappa shape index (κ1) is 20.6. The van der Waals surface area contributed by atoms with Crippen LogP contribution in [0.3, 0.4) is 0 Å². The molecule has 0 radical (unpaired) electrons. The number of sulfonamides is 1. The molecule has 0 saturated heterocycles. The van der Waals surface area contributed by atoms with Gasteiger partial charge in [-0.1, -0.05) is 49.4 Å². The van der Waals surface area contributed by atoms with Gasteiger partial charge in [0.05, 0.1) is 4.90 Å². The molecule has 1 atom stereocenters. The van der Waals surface area contributed by atoms with Gasteiger partial charge in [-0.05, 0) is 53.9 Å². The third kappa shape index (κ3) is 5.43. The molecule has 0 bridgehead atoms. The summed E-state index contributed by atoms with van der Waals surface area (Å²) in [5, 5.41) is 7.81. The lowest BCUT2D eigenvalue weighted by Gasteiger charge is -2.17. The molecule has 3 N–H and O–H groups in total.